The minimum absolute atomic E-state index is 0.286. The molecule has 0 bridgehead atoms. The number of esters is 1. The summed E-state index contributed by atoms with van der Waals surface area (Å²) in [7, 11) is 0. The topological polar surface area (TPSA) is 69.9 Å². The molecular weight excluding hydrogens is 567 g/mol. The molecule has 1 atom stereocenters. The molecule has 2 heterocycles. The van der Waals surface area contributed by atoms with Gasteiger partial charge in [-0.2, -0.15) is 0 Å². The van der Waals surface area contributed by atoms with Crippen molar-refractivity contribution in [2.75, 3.05) is 0 Å². The van der Waals surface area contributed by atoms with Crippen molar-refractivity contribution in [1.29, 1.82) is 0 Å². The lowest BCUT2D eigenvalue weighted by atomic mass is 9.96. The van der Waals surface area contributed by atoms with Crippen molar-refractivity contribution in [1.82, 2.24) is 4.57 Å². The van der Waals surface area contributed by atoms with Gasteiger partial charge in [-0.05, 0) is 67.8 Å². The molecule has 0 aliphatic carbocycles. The van der Waals surface area contributed by atoms with E-state index in [-0.39, 0.29) is 11.7 Å². The zero-order valence-corrected chi connectivity index (χ0v) is 24.4. The van der Waals surface area contributed by atoms with Gasteiger partial charge in [0.15, 0.2) is 4.80 Å². The second-order valence-electron chi connectivity index (χ2n) is 9.55. The molecule has 1 aromatic heterocycles. The van der Waals surface area contributed by atoms with Crippen LogP contribution in [0.4, 0.5) is 0 Å². The van der Waals surface area contributed by atoms with Gasteiger partial charge >= 0.3 is 5.97 Å². The van der Waals surface area contributed by atoms with Crippen molar-refractivity contribution >= 4 is 46.6 Å². The molecule has 0 N–H and O–H groups in total. The first-order valence-corrected chi connectivity index (χ1v) is 14.2. The van der Waals surface area contributed by atoms with Crippen LogP contribution >= 0.6 is 34.5 Å². The maximum absolute atomic E-state index is 13.8. The van der Waals surface area contributed by atoms with Crippen molar-refractivity contribution in [3.05, 3.63) is 130 Å². The van der Waals surface area contributed by atoms with Gasteiger partial charge < -0.3 is 9.47 Å². The van der Waals surface area contributed by atoms with Crippen LogP contribution in [0, 0.1) is 0 Å². The van der Waals surface area contributed by atoms with E-state index in [9.17, 15) is 9.59 Å². The lowest BCUT2D eigenvalue weighted by molar-refractivity contribution is -0.143. The Morgan fingerprint density at radius 2 is 1.80 bits per heavy atom. The molecular formula is C31H26Cl2N2O4S. The molecule has 0 radical (unpaired) electrons. The molecule has 0 saturated heterocycles. The van der Waals surface area contributed by atoms with Crippen LogP contribution in [0.15, 0.2) is 93.9 Å². The molecule has 0 saturated carbocycles. The van der Waals surface area contributed by atoms with Crippen LogP contribution < -0.4 is 19.6 Å². The van der Waals surface area contributed by atoms with Gasteiger partial charge in [-0.15, -0.1) is 0 Å². The predicted octanol–water partition coefficient (Wildman–Crippen LogP) is 6.07. The van der Waals surface area contributed by atoms with Gasteiger partial charge in [0.25, 0.3) is 5.56 Å². The smallest absolute Gasteiger partial charge is 0.338 e. The number of benzene rings is 3. The van der Waals surface area contributed by atoms with Crippen LogP contribution in [-0.4, -0.2) is 16.6 Å². The largest absolute Gasteiger partial charge is 0.489 e. The number of carbonyl (C=O) groups is 1. The fourth-order valence-electron chi connectivity index (χ4n) is 4.42. The highest BCUT2D eigenvalue weighted by molar-refractivity contribution is 7.07. The van der Waals surface area contributed by atoms with Crippen LogP contribution in [0.2, 0.25) is 10.0 Å². The minimum atomic E-state index is -0.728. The Morgan fingerprint density at radius 3 is 2.48 bits per heavy atom. The van der Waals surface area contributed by atoms with E-state index in [4.69, 9.17) is 32.7 Å². The van der Waals surface area contributed by atoms with Gasteiger partial charge in [-0.3, -0.25) is 9.36 Å². The normalized spacial score (nSPS) is 15.2. The number of rotatable bonds is 7. The zero-order chi connectivity index (χ0) is 28.4. The Kier molecular flexibility index (Phi) is 8.26. The molecule has 3 aromatic carbocycles. The first-order valence-electron chi connectivity index (χ1n) is 12.7. The Labute approximate surface area is 245 Å². The van der Waals surface area contributed by atoms with Crippen molar-refractivity contribution < 1.29 is 14.3 Å². The third kappa shape index (κ3) is 5.92. The van der Waals surface area contributed by atoms with Gasteiger partial charge in [0.2, 0.25) is 0 Å². The fourth-order valence-corrected chi connectivity index (χ4v) is 5.92. The number of aromatic nitrogens is 1. The van der Waals surface area contributed by atoms with Gasteiger partial charge in [0.05, 0.1) is 27.9 Å². The number of hydrogen-bond donors (Lipinski definition) is 0. The number of halogens is 2. The summed E-state index contributed by atoms with van der Waals surface area (Å²) in [6.07, 6.45) is 1.38. The third-order valence-electron chi connectivity index (χ3n) is 6.28. The quantitative estimate of drug-likeness (QED) is 0.244. The van der Waals surface area contributed by atoms with Crippen molar-refractivity contribution in [2.24, 2.45) is 4.99 Å². The zero-order valence-electron chi connectivity index (χ0n) is 22.1. The predicted molar refractivity (Wildman–Crippen MR) is 159 cm³/mol. The SMILES string of the molecule is CC1=C(C(=O)OC(C)C)C(c2ccc(OCc3ccccc3)cc2)n2c(s/c(=C\c3ccc(Cl)cc3Cl)c2=O)=N1. The lowest BCUT2D eigenvalue weighted by Crippen LogP contribution is -2.40. The maximum atomic E-state index is 13.8. The number of allylic oxidation sites excluding steroid dienone is 1. The molecule has 0 fully saturated rings. The van der Waals surface area contributed by atoms with Crippen LogP contribution in [0.25, 0.3) is 6.08 Å². The number of carbonyl (C=O) groups excluding carboxylic acids is 1. The van der Waals surface area contributed by atoms with Crippen LogP contribution in [-0.2, 0) is 16.1 Å². The monoisotopic (exact) mass is 592 g/mol. The van der Waals surface area contributed by atoms with Gasteiger partial charge in [0, 0.05) is 10.0 Å². The van der Waals surface area contributed by atoms with E-state index in [1.807, 2.05) is 54.6 Å². The number of ether oxygens (including phenoxy) is 2. The van der Waals surface area contributed by atoms with E-state index < -0.39 is 12.0 Å². The Hall–Kier alpha value is -3.65. The molecule has 9 heteroatoms. The molecule has 1 aliphatic rings. The molecule has 204 valence electrons. The Bertz CT molecular complexity index is 1770. The van der Waals surface area contributed by atoms with Crippen molar-refractivity contribution in [3.8, 4) is 5.75 Å². The summed E-state index contributed by atoms with van der Waals surface area (Å²) in [5, 5.41) is 0.932. The molecule has 1 unspecified atom stereocenters. The summed E-state index contributed by atoms with van der Waals surface area (Å²) in [5.74, 6) is 0.157. The first kappa shape index (κ1) is 27.9. The van der Waals surface area contributed by atoms with E-state index in [0.29, 0.717) is 48.6 Å². The minimum Gasteiger partial charge on any atom is -0.489 e. The molecule has 1 aliphatic heterocycles. The van der Waals surface area contributed by atoms with Crippen LogP contribution in [0.1, 0.15) is 43.5 Å². The number of nitrogens with zero attached hydrogens (tertiary/aromatic N) is 2. The van der Waals surface area contributed by atoms with Gasteiger partial charge in [-0.25, -0.2) is 9.79 Å². The summed E-state index contributed by atoms with van der Waals surface area (Å²) in [6.45, 7) is 5.75. The van der Waals surface area contributed by atoms with E-state index in [1.54, 1.807) is 49.6 Å². The Morgan fingerprint density at radius 1 is 1.07 bits per heavy atom. The van der Waals surface area contributed by atoms with E-state index in [0.717, 1.165) is 11.1 Å². The summed E-state index contributed by atoms with van der Waals surface area (Å²) in [4.78, 5) is 32.2. The number of thiazole rings is 1. The standard InChI is InChI=1S/C31H26Cl2N2O4S/c1-18(2)39-30(37)27-19(3)34-31-35(29(36)26(40-31)15-22-9-12-23(32)16-25(22)33)28(27)21-10-13-24(14-11-21)38-17-20-7-5-4-6-8-20/h4-16,18,28H,17H2,1-3H3/b26-15-. The van der Waals surface area contributed by atoms with Crippen molar-refractivity contribution in [2.45, 2.75) is 39.5 Å². The second-order valence-corrected chi connectivity index (χ2v) is 11.4. The van der Waals surface area contributed by atoms with Crippen LogP contribution in [0.3, 0.4) is 0 Å². The highest BCUT2D eigenvalue weighted by atomic mass is 35.5. The molecule has 0 amide bonds. The molecule has 4 aromatic rings. The summed E-state index contributed by atoms with van der Waals surface area (Å²) >= 11 is 13.7. The molecule has 5 rings (SSSR count). The summed E-state index contributed by atoms with van der Waals surface area (Å²) in [6, 6.07) is 21.6. The fraction of sp³-hybridized carbons (Fsp3) is 0.194. The Balaban J connectivity index is 1.58. The van der Waals surface area contributed by atoms with Gasteiger partial charge in [-0.1, -0.05) is 83.1 Å². The number of fused-ring (bicyclic) bond motifs is 1. The van der Waals surface area contributed by atoms with E-state index in [2.05, 4.69) is 4.99 Å². The summed E-state index contributed by atoms with van der Waals surface area (Å²) in [5.41, 5.74) is 2.97. The number of hydrogen-bond acceptors (Lipinski definition) is 6. The van der Waals surface area contributed by atoms with Crippen LogP contribution in [0.5, 0.6) is 5.75 Å². The lowest BCUT2D eigenvalue weighted by Gasteiger charge is -2.25. The van der Waals surface area contributed by atoms with Gasteiger partial charge in [0.1, 0.15) is 12.4 Å². The first-order chi connectivity index (χ1) is 19.2. The highest BCUT2D eigenvalue weighted by Gasteiger charge is 2.33. The van der Waals surface area contributed by atoms with Crippen molar-refractivity contribution in [3.63, 3.8) is 0 Å². The third-order valence-corrected chi connectivity index (χ3v) is 7.82. The molecule has 0 spiro atoms. The molecule has 40 heavy (non-hydrogen) atoms. The maximum Gasteiger partial charge on any atom is 0.338 e. The molecule has 6 nitrogen and oxygen atoms in total. The average Bonchev–Trinajstić information content (AvgIpc) is 3.23. The van der Waals surface area contributed by atoms with E-state index >= 15 is 0 Å². The second kappa shape index (κ2) is 11.8. The summed E-state index contributed by atoms with van der Waals surface area (Å²) < 4.78 is 13.5. The van der Waals surface area contributed by atoms with E-state index in [1.165, 1.54) is 11.3 Å². The highest BCUT2D eigenvalue weighted by Crippen LogP contribution is 2.32. The average molecular weight is 594 g/mol.